The van der Waals surface area contributed by atoms with Gasteiger partial charge in [-0.2, -0.15) is 0 Å². The topological polar surface area (TPSA) is 87.7 Å². The standard InChI is InChI=1S/C13H16N2O4/c1-13(2,7-16)15-12(18)8-3-4-9-10(5-8)19-6-11(17)14-9/h3-5,16H,6-7H2,1-2H3,(H,14,17)(H,15,18). The monoisotopic (exact) mass is 264 g/mol. The van der Waals surface area contributed by atoms with E-state index in [1.807, 2.05) is 0 Å². The number of anilines is 1. The van der Waals surface area contributed by atoms with E-state index in [1.165, 1.54) is 0 Å². The Labute approximate surface area is 110 Å². The zero-order valence-electron chi connectivity index (χ0n) is 10.8. The molecule has 1 heterocycles. The Hall–Kier alpha value is -2.08. The number of hydrogen-bond donors (Lipinski definition) is 3. The SMILES string of the molecule is CC(C)(CO)NC(=O)c1ccc2c(c1)OCC(=O)N2. The van der Waals surface area contributed by atoms with Crippen LogP contribution in [0.5, 0.6) is 5.75 Å². The van der Waals surface area contributed by atoms with E-state index < -0.39 is 5.54 Å². The number of nitrogens with one attached hydrogen (secondary N) is 2. The van der Waals surface area contributed by atoms with Gasteiger partial charge in [0.25, 0.3) is 11.8 Å². The van der Waals surface area contributed by atoms with Gasteiger partial charge in [0, 0.05) is 5.56 Å². The van der Waals surface area contributed by atoms with Crippen molar-refractivity contribution in [2.45, 2.75) is 19.4 Å². The largest absolute Gasteiger partial charge is 0.482 e. The van der Waals surface area contributed by atoms with Crippen LogP contribution in [0.15, 0.2) is 18.2 Å². The minimum atomic E-state index is -0.692. The highest BCUT2D eigenvalue weighted by molar-refractivity contribution is 5.99. The van der Waals surface area contributed by atoms with Crippen LogP contribution in [0.2, 0.25) is 0 Å². The molecule has 6 nitrogen and oxygen atoms in total. The Kier molecular flexibility index (Phi) is 3.44. The van der Waals surface area contributed by atoms with Gasteiger partial charge in [0.15, 0.2) is 6.61 Å². The first kappa shape index (κ1) is 13.4. The van der Waals surface area contributed by atoms with Gasteiger partial charge in [0.1, 0.15) is 5.75 Å². The Morgan fingerprint density at radius 1 is 1.53 bits per heavy atom. The normalized spacial score (nSPS) is 14.2. The van der Waals surface area contributed by atoms with Crippen LogP contribution < -0.4 is 15.4 Å². The Balaban J connectivity index is 2.18. The Bertz CT molecular complexity index is 525. The third-order valence-corrected chi connectivity index (χ3v) is 2.72. The third kappa shape index (κ3) is 3.03. The molecule has 1 aliphatic heterocycles. The molecule has 0 bridgehead atoms. The summed E-state index contributed by atoms with van der Waals surface area (Å²) in [6.45, 7) is 3.23. The fourth-order valence-corrected chi connectivity index (χ4v) is 1.63. The van der Waals surface area contributed by atoms with Gasteiger partial charge in [-0.1, -0.05) is 0 Å². The maximum atomic E-state index is 12.0. The highest BCUT2D eigenvalue weighted by Gasteiger charge is 2.22. The Morgan fingerprint density at radius 3 is 2.95 bits per heavy atom. The molecule has 19 heavy (non-hydrogen) atoms. The summed E-state index contributed by atoms with van der Waals surface area (Å²) in [7, 11) is 0. The van der Waals surface area contributed by atoms with Crippen LogP contribution in [-0.4, -0.2) is 35.7 Å². The molecule has 1 aromatic rings. The number of aliphatic hydroxyl groups excluding tert-OH is 1. The molecule has 0 unspecified atom stereocenters. The van der Waals surface area contributed by atoms with Crippen LogP contribution in [0.3, 0.4) is 0 Å². The quantitative estimate of drug-likeness (QED) is 0.742. The molecule has 1 aromatic carbocycles. The fraction of sp³-hybridized carbons (Fsp3) is 0.385. The molecule has 102 valence electrons. The molecule has 0 atom stereocenters. The smallest absolute Gasteiger partial charge is 0.262 e. The molecule has 0 aliphatic carbocycles. The van der Waals surface area contributed by atoms with Crippen LogP contribution >= 0.6 is 0 Å². The minimum absolute atomic E-state index is 0.0554. The van der Waals surface area contributed by atoms with Gasteiger partial charge in [-0.05, 0) is 32.0 Å². The lowest BCUT2D eigenvalue weighted by Gasteiger charge is -2.24. The second-order valence-corrected chi connectivity index (χ2v) is 5.04. The van der Waals surface area contributed by atoms with Gasteiger partial charge in [0.2, 0.25) is 0 Å². The van der Waals surface area contributed by atoms with Crippen molar-refractivity contribution in [2.24, 2.45) is 0 Å². The summed E-state index contributed by atoms with van der Waals surface area (Å²) >= 11 is 0. The van der Waals surface area contributed by atoms with Gasteiger partial charge >= 0.3 is 0 Å². The molecule has 2 amide bonds. The lowest BCUT2D eigenvalue weighted by molar-refractivity contribution is -0.118. The van der Waals surface area contributed by atoms with E-state index >= 15 is 0 Å². The van der Waals surface area contributed by atoms with E-state index in [-0.39, 0.29) is 25.0 Å². The van der Waals surface area contributed by atoms with Crippen molar-refractivity contribution in [1.82, 2.24) is 5.32 Å². The number of fused-ring (bicyclic) bond motifs is 1. The first-order valence-corrected chi connectivity index (χ1v) is 5.91. The second kappa shape index (κ2) is 4.89. The molecule has 1 aliphatic rings. The van der Waals surface area contributed by atoms with Crippen molar-refractivity contribution in [1.29, 1.82) is 0 Å². The minimum Gasteiger partial charge on any atom is -0.482 e. The maximum absolute atomic E-state index is 12.0. The van der Waals surface area contributed by atoms with E-state index in [9.17, 15) is 9.59 Å². The van der Waals surface area contributed by atoms with Gasteiger partial charge < -0.3 is 20.5 Å². The second-order valence-electron chi connectivity index (χ2n) is 5.04. The number of benzene rings is 1. The summed E-state index contributed by atoms with van der Waals surface area (Å²) in [4.78, 5) is 23.1. The van der Waals surface area contributed by atoms with Crippen molar-refractivity contribution in [2.75, 3.05) is 18.5 Å². The van der Waals surface area contributed by atoms with Crippen molar-refractivity contribution in [3.63, 3.8) is 0 Å². The molecular weight excluding hydrogens is 248 g/mol. The highest BCUT2D eigenvalue weighted by Crippen LogP contribution is 2.28. The van der Waals surface area contributed by atoms with Gasteiger partial charge in [0.05, 0.1) is 17.8 Å². The number of aliphatic hydroxyl groups is 1. The van der Waals surface area contributed by atoms with Gasteiger partial charge in [-0.25, -0.2) is 0 Å². The summed E-state index contributed by atoms with van der Waals surface area (Å²) < 4.78 is 5.24. The third-order valence-electron chi connectivity index (χ3n) is 2.72. The summed E-state index contributed by atoms with van der Waals surface area (Å²) in [6, 6.07) is 4.78. The van der Waals surface area contributed by atoms with E-state index in [2.05, 4.69) is 10.6 Å². The van der Waals surface area contributed by atoms with Crippen molar-refractivity contribution < 1.29 is 19.4 Å². The summed E-state index contributed by atoms with van der Waals surface area (Å²) in [5, 5.41) is 14.5. The van der Waals surface area contributed by atoms with E-state index in [1.54, 1.807) is 32.0 Å². The predicted molar refractivity (Wildman–Crippen MR) is 69.2 cm³/mol. The Morgan fingerprint density at radius 2 is 2.26 bits per heavy atom. The number of ether oxygens (including phenoxy) is 1. The van der Waals surface area contributed by atoms with Crippen LogP contribution in [0, 0.1) is 0 Å². The lowest BCUT2D eigenvalue weighted by atomic mass is 10.1. The number of amides is 2. The molecule has 0 aromatic heterocycles. The summed E-state index contributed by atoms with van der Waals surface area (Å²) in [5.41, 5.74) is 0.271. The average molecular weight is 264 g/mol. The number of rotatable bonds is 3. The summed E-state index contributed by atoms with van der Waals surface area (Å²) in [5.74, 6) is -0.0532. The maximum Gasteiger partial charge on any atom is 0.262 e. The van der Waals surface area contributed by atoms with Crippen LogP contribution in [0.4, 0.5) is 5.69 Å². The molecule has 0 radical (unpaired) electrons. The first-order chi connectivity index (χ1) is 8.91. The van der Waals surface area contributed by atoms with Crippen LogP contribution in [0.25, 0.3) is 0 Å². The number of carbonyl (C=O) groups is 2. The van der Waals surface area contributed by atoms with E-state index in [0.717, 1.165) is 0 Å². The molecule has 6 heteroatoms. The first-order valence-electron chi connectivity index (χ1n) is 5.91. The average Bonchev–Trinajstić information content (AvgIpc) is 2.37. The molecule has 0 saturated heterocycles. The summed E-state index contributed by atoms with van der Waals surface area (Å²) in [6.07, 6.45) is 0. The molecule has 0 fully saturated rings. The van der Waals surface area contributed by atoms with Gasteiger partial charge in [-0.3, -0.25) is 9.59 Å². The number of hydrogen-bond acceptors (Lipinski definition) is 4. The lowest BCUT2D eigenvalue weighted by Crippen LogP contribution is -2.46. The van der Waals surface area contributed by atoms with E-state index in [4.69, 9.17) is 9.84 Å². The van der Waals surface area contributed by atoms with E-state index in [0.29, 0.717) is 17.0 Å². The zero-order chi connectivity index (χ0) is 14.0. The fourth-order valence-electron chi connectivity index (χ4n) is 1.63. The molecule has 0 saturated carbocycles. The van der Waals surface area contributed by atoms with Crippen molar-refractivity contribution in [3.8, 4) is 5.75 Å². The van der Waals surface area contributed by atoms with Crippen molar-refractivity contribution in [3.05, 3.63) is 23.8 Å². The van der Waals surface area contributed by atoms with Crippen LogP contribution in [-0.2, 0) is 4.79 Å². The molecule has 3 N–H and O–H groups in total. The predicted octanol–water partition coefficient (Wildman–Crippen LogP) is 0.518. The van der Waals surface area contributed by atoms with Gasteiger partial charge in [-0.15, -0.1) is 0 Å². The molecule has 2 rings (SSSR count). The van der Waals surface area contributed by atoms with Crippen molar-refractivity contribution >= 4 is 17.5 Å². The number of carbonyl (C=O) groups excluding carboxylic acids is 2. The van der Waals surface area contributed by atoms with Crippen LogP contribution in [0.1, 0.15) is 24.2 Å². The molecular formula is C13H16N2O4. The highest BCUT2D eigenvalue weighted by atomic mass is 16.5. The zero-order valence-corrected chi connectivity index (χ0v) is 10.8. The molecule has 0 spiro atoms.